The first-order valence-electron chi connectivity index (χ1n) is 8.89. The van der Waals surface area contributed by atoms with Gasteiger partial charge in [-0.25, -0.2) is 0 Å². The predicted octanol–water partition coefficient (Wildman–Crippen LogP) is 3.61. The van der Waals surface area contributed by atoms with E-state index in [1.807, 2.05) is 44.4 Å². The van der Waals surface area contributed by atoms with E-state index in [1.54, 1.807) is 24.6 Å². The van der Waals surface area contributed by atoms with Gasteiger partial charge < -0.3 is 20.2 Å². The van der Waals surface area contributed by atoms with E-state index < -0.39 is 6.10 Å². The maximum absolute atomic E-state index is 10.5. The van der Waals surface area contributed by atoms with Crippen LogP contribution in [0.25, 0.3) is 10.1 Å². The molecule has 0 amide bonds. The van der Waals surface area contributed by atoms with Gasteiger partial charge in [0.25, 0.3) is 0 Å². The number of thiophene rings is 1. The van der Waals surface area contributed by atoms with Crippen LogP contribution in [-0.2, 0) is 0 Å². The Morgan fingerprint density at radius 2 is 1.93 bits per heavy atom. The zero-order valence-corrected chi connectivity index (χ0v) is 19.4. The van der Waals surface area contributed by atoms with E-state index in [2.05, 4.69) is 32.7 Å². The summed E-state index contributed by atoms with van der Waals surface area (Å²) in [5.41, 5.74) is 0. The number of nitrogens with one attached hydrogen (secondary N) is 2. The fraction of sp³-hybridized carbons (Fsp3) is 0.350. The van der Waals surface area contributed by atoms with Crippen LogP contribution in [0.4, 0.5) is 0 Å². The second-order valence-corrected chi connectivity index (χ2v) is 7.65. The molecule has 0 aliphatic heterocycles. The lowest BCUT2D eigenvalue weighted by Gasteiger charge is -2.24. The molecule has 1 aromatic carbocycles. The molecule has 2 heterocycles. The van der Waals surface area contributed by atoms with Crippen LogP contribution in [0.5, 0.6) is 0 Å². The molecule has 2 atom stereocenters. The summed E-state index contributed by atoms with van der Waals surface area (Å²) in [5.74, 6) is 1.54. The number of hydrogen-bond acceptors (Lipinski definition) is 5. The fourth-order valence-corrected chi connectivity index (χ4v) is 3.94. The molecule has 28 heavy (non-hydrogen) atoms. The van der Waals surface area contributed by atoms with Crippen LogP contribution >= 0.6 is 35.3 Å². The van der Waals surface area contributed by atoms with E-state index in [0.29, 0.717) is 19.0 Å². The van der Waals surface area contributed by atoms with Gasteiger partial charge in [0.05, 0.1) is 12.3 Å². The Hall–Kier alpha value is -1.62. The van der Waals surface area contributed by atoms with Crippen molar-refractivity contribution in [3.63, 3.8) is 0 Å². The zero-order chi connectivity index (χ0) is 19.2. The molecular weight excluding hydrogens is 487 g/mol. The number of furan rings is 1. The van der Waals surface area contributed by atoms with Gasteiger partial charge in [-0.2, -0.15) is 0 Å². The Morgan fingerprint density at radius 1 is 1.18 bits per heavy atom. The largest absolute Gasteiger partial charge is 0.468 e. The minimum Gasteiger partial charge on any atom is -0.468 e. The summed E-state index contributed by atoms with van der Waals surface area (Å²) in [7, 11) is 5.74. The number of aliphatic imine (C=N–C) groups is 1. The quantitative estimate of drug-likeness (QED) is 0.255. The Bertz CT molecular complexity index is 846. The number of benzene rings is 1. The molecule has 0 saturated carbocycles. The van der Waals surface area contributed by atoms with E-state index in [-0.39, 0.29) is 30.0 Å². The lowest BCUT2D eigenvalue weighted by molar-refractivity contribution is 0.184. The van der Waals surface area contributed by atoms with Crippen molar-refractivity contribution in [3.05, 3.63) is 59.4 Å². The summed E-state index contributed by atoms with van der Waals surface area (Å²) in [6.45, 7) is 1.03. The van der Waals surface area contributed by atoms with E-state index >= 15 is 0 Å². The van der Waals surface area contributed by atoms with E-state index in [0.717, 1.165) is 16.0 Å². The minimum absolute atomic E-state index is 0. The van der Waals surface area contributed by atoms with Crippen LogP contribution in [0.1, 0.15) is 22.8 Å². The summed E-state index contributed by atoms with van der Waals surface area (Å²) in [5, 5.41) is 18.2. The van der Waals surface area contributed by atoms with Gasteiger partial charge in [-0.3, -0.25) is 9.89 Å². The number of rotatable bonds is 7. The number of aliphatic hydroxyl groups excluding tert-OH is 1. The average Bonchev–Trinajstić information content (AvgIpc) is 3.33. The maximum atomic E-state index is 10.5. The van der Waals surface area contributed by atoms with E-state index in [1.165, 1.54) is 4.70 Å². The van der Waals surface area contributed by atoms with Crippen LogP contribution in [0.15, 0.2) is 58.1 Å². The van der Waals surface area contributed by atoms with Gasteiger partial charge in [0, 0.05) is 29.7 Å². The van der Waals surface area contributed by atoms with Crippen LogP contribution in [0, 0.1) is 0 Å². The van der Waals surface area contributed by atoms with Crippen LogP contribution in [0.2, 0.25) is 0 Å². The molecule has 152 valence electrons. The molecule has 6 nitrogen and oxygen atoms in total. The van der Waals surface area contributed by atoms with Gasteiger partial charge in [-0.1, -0.05) is 18.2 Å². The number of guanidine groups is 1. The molecule has 0 saturated heterocycles. The van der Waals surface area contributed by atoms with Crippen LogP contribution in [-0.4, -0.2) is 50.2 Å². The van der Waals surface area contributed by atoms with Gasteiger partial charge in [-0.15, -0.1) is 35.3 Å². The Kier molecular flexibility index (Phi) is 8.74. The standard InChI is InChI=1S/C20H26N4O2S.HI/c1-21-20(22-12-15(24(2)3)17-8-6-10-26-17)23-13-16(25)19-11-14-7-4-5-9-18(14)27-19;/h4-11,15-16,25H,12-13H2,1-3H3,(H2,21,22,23);1H. The molecule has 0 radical (unpaired) electrons. The highest BCUT2D eigenvalue weighted by atomic mass is 127. The fourth-order valence-electron chi connectivity index (χ4n) is 2.89. The van der Waals surface area contributed by atoms with Gasteiger partial charge in [0.2, 0.25) is 0 Å². The number of fused-ring (bicyclic) bond motifs is 1. The van der Waals surface area contributed by atoms with Gasteiger partial charge in [0.15, 0.2) is 5.96 Å². The van der Waals surface area contributed by atoms with Crippen molar-refractivity contribution in [1.82, 2.24) is 15.5 Å². The third kappa shape index (κ3) is 5.69. The first kappa shape index (κ1) is 22.7. The number of nitrogens with zero attached hydrogens (tertiary/aromatic N) is 2. The van der Waals surface area contributed by atoms with Crippen molar-refractivity contribution in [2.45, 2.75) is 12.1 Å². The van der Waals surface area contributed by atoms with Crippen LogP contribution < -0.4 is 10.6 Å². The Morgan fingerprint density at radius 3 is 2.57 bits per heavy atom. The lowest BCUT2D eigenvalue weighted by atomic mass is 10.2. The van der Waals surface area contributed by atoms with E-state index in [9.17, 15) is 5.11 Å². The minimum atomic E-state index is -0.587. The Labute approximate surface area is 186 Å². The second-order valence-electron chi connectivity index (χ2n) is 6.53. The Balaban J connectivity index is 0.00000280. The molecular formula is C20H27IN4O2S. The van der Waals surface area contributed by atoms with Crippen molar-refractivity contribution in [2.24, 2.45) is 4.99 Å². The van der Waals surface area contributed by atoms with Crippen molar-refractivity contribution in [3.8, 4) is 0 Å². The molecule has 3 rings (SSSR count). The molecule has 0 aliphatic rings. The summed E-state index contributed by atoms with van der Waals surface area (Å²) >= 11 is 1.62. The van der Waals surface area contributed by atoms with Crippen LogP contribution in [0.3, 0.4) is 0 Å². The smallest absolute Gasteiger partial charge is 0.191 e. The molecule has 3 aromatic rings. The molecule has 0 aliphatic carbocycles. The molecule has 0 bridgehead atoms. The monoisotopic (exact) mass is 514 g/mol. The SMILES string of the molecule is CN=C(NCC(O)c1cc2ccccc2s1)NCC(c1ccco1)N(C)C.I. The third-order valence-electron chi connectivity index (χ3n) is 4.42. The topological polar surface area (TPSA) is 73.0 Å². The molecule has 2 unspecified atom stereocenters. The number of aliphatic hydroxyl groups is 1. The number of hydrogen-bond donors (Lipinski definition) is 3. The number of likely N-dealkylation sites (N-methyl/N-ethyl adjacent to an activating group) is 1. The van der Waals surface area contributed by atoms with Gasteiger partial charge in [-0.05, 0) is 43.7 Å². The van der Waals surface area contributed by atoms with Crippen molar-refractivity contribution < 1.29 is 9.52 Å². The molecule has 8 heteroatoms. The zero-order valence-electron chi connectivity index (χ0n) is 16.3. The summed E-state index contributed by atoms with van der Waals surface area (Å²) in [6.07, 6.45) is 1.09. The molecule has 0 fully saturated rings. The highest BCUT2D eigenvalue weighted by Crippen LogP contribution is 2.29. The average molecular weight is 514 g/mol. The highest BCUT2D eigenvalue weighted by molar-refractivity contribution is 14.0. The summed E-state index contributed by atoms with van der Waals surface area (Å²) < 4.78 is 6.71. The molecule has 3 N–H and O–H groups in total. The van der Waals surface area contributed by atoms with Gasteiger partial charge >= 0.3 is 0 Å². The summed E-state index contributed by atoms with van der Waals surface area (Å²) in [4.78, 5) is 7.28. The highest BCUT2D eigenvalue weighted by Gasteiger charge is 2.18. The lowest BCUT2D eigenvalue weighted by Crippen LogP contribution is -2.42. The van der Waals surface area contributed by atoms with E-state index in [4.69, 9.17) is 4.42 Å². The predicted molar refractivity (Wildman–Crippen MR) is 127 cm³/mol. The normalized spacial score (nSPS) is 14.0. The first-order chi connectivity index (χ1) is 13.1. The number of halogens is 1. The third-order valence-corrected chi connectivity index (χ3v) is 5.63. The molecule has 0 spiro atoms. The maximum Gasteiger partial charge on any atom is 0.191 e. The van der Waals surface area contributed by atoms with Crippen molar-refractivity contribution >= 4 is 51.4 Å². The van der Waals surface area contributed by atoms with Crippen molar-refractivity contribution in [2.75, 3.05) is 34.2 Å². The first-order valence-corrected chi connectivity index (χ1v) is 9.71. The van der Waals surface area contributed by atoms with Crippen molar-refractivity contribution in [1.29, 1.82) is 0 Å². The second kappa shape index (κ2) is 10.8. The summed E-state index contributed by atoms with van der Waals surface area (Å²) in [6, 6.07) is 14.1. The van der Waals surface area contributed by atoms with Gasteiger partial charge in [0.1, 0.15) is 11.9 Å². The molecule has 2 aromatic heterocycles.